The second-order valence-corrected chi connectivity index (χ2v) is 6.39. The van der Waals surface area contributed by atoms with Gasteiger partial charge in [-0.2, -0.15) is 5.26 Å². The highest BCUT2D eigenvalue weighted by Crippen LogP contribution is 2.20. The van der Waals surface area contributed by atoms with Crippen LogP contribution in [0.4, 0.5) is 11.4 Å². The number of hydrogen-bond acceptors (Lipinski definition) is 4. The Bertz CT molecular complexity index is 1110. The van der Waals surface area contributed by atoms with Crippen LogP contribution < -0.4 is 10.6 Å². The van der Waals surface area contributed by atoms with Gasteiger partial charge >= 0.3 is 0 Å². The molecule has 0 fully saturated rings. The molecule has 7 heteroatoms. The van der Waals surface area contributed by atoms with E-state index in [0.29, 0.717) is 22.0 Å². The SMILES string of the molecule is Cc1cc(Cl)ccc1NC(=O)c1ccnc(C(=O)Nc2ccccc2C#N)c1. The van der Waals surface area contributed by atoms with Crippen LogP contribution in [0.2, 0.25) is 5.02 Å². The van der Waals surface area contributed by atoms with Crippen molar-refractivity contribution < 1.29 is 9.59 Å². The molecule has 138 valence electrons. The minimum atomic E-state index is -0.514. The van der Waals surface area contributed by atoms with E-state index in [-0.39, 0.29) is 17.2 Å². The molecule has 2 aromatic carbocycles. The molecule has 1 aromatic heterocycles. The van der Waals surface area contributed by atoms with Crippen LogP contribution in [0.15, 0.2) is 60.8 Å². The highest BCUT2D eigenvalue weighted by molar-refractivity contribution is 6.30. The summed E-state index contributed by atoms with van der Waals surface area (Å²) in [4.78, 5) is 29.0. The largest absolute Gasteiger partial charge is 0.322 e. The Morgan fingerprint density at radius 3 is 2.50 bits per heavy atom. The molecule has 0 bridgehead atoms. The molecule has 2 N–H and O–H groups in total. The van der Waals surface area contributed by atoms with Crippen LogP contribution in [0.3, 0.4) is 0 Å². The number of carbonyl (C=O) groups is 2. The van der Waals surface area contributed by atoms with E-state index < -0.39 is 5.91 Å². The van der Waals surface area contributed by atoms with Gasteiger partial charge in [0.25, 0.3) is 11.8 Å². The highest BCUT2D eigenvalue weighted by atomic mass is 35.5. The van der Waals surface area contributed by atoms with E-state index >= 15 is 0 Å². The minimum absolute atomic E-state index is 0.0632. The monoisotopic (exact) mass is 390 g/mol. The first kappa shape index (κ1) is 19.1. The number of halogens is 1. The highest BCUT2D eigenvalue weighted by Gasteiger charge is 2.14. The predicted molar refractivity (Wildman–Crippen MR) is 107 cm³/mol. The van der Waals surface area contributed by atoms with Crippen LogP contribution in [0.25, 0.3) is 0 Å². The molecule has 0 aliphatic rings. The summed E-state index contributed by atoms with van der Waals surface area (Å²) in [6.07, 6.45) is 1.38. The molecule has 0 unspecified atom stereocenters. The Balaban J connectivity index is 1.78. The summed E-state index contributed by atoms with van der Waals surface area (Å²) in [6.45, 7) is 1.83. The van der Waals surface area contributed by atoms with Crippen molar-refractivity contribution in [2.45, 2.75) is 6.92 Å². The van der Waals surface area contributed by atoms with Crippen LogP contribution in [0.1, 0.15) is 32.0 Å². The molecule has 0 aliphatic carbocycles. The van der Waals surface area contributed by atoms with Crippen molar-refractivity contribution in [3.8, 4) is 6.07 Å². The van der Waals surface area contributed by atoms with E-state index in [1.807, 2.05) is 13.0 Å². The summed E-state index contributed by atoms with van der Waals surface area (Å²) in [5.74, 6) is -0.890. The Hall–Kier alpha value is -3.69. The average Bonchev–Trinajstić information content (AvgIpc) is 2.70. The topological polar surface area (TPSA) is 94.9 Å². The summed E-state index contributed by atoms with van der Waals surface area (Å²) in [7, 11) is 0. The lowest BCUT2D eigenvalue weighted by Gasteiger charge is -2.10. The van der Waals surface area contributed by atoms with Crippen LogP contribution in [0, 0.1) is 18.3 Å². The number of aryl methyl sites for hydroxylation is 1. The van der Waals surface area contributed by atoms with Gasteiger partial charge in [0.05, 0.1) is 11.3 Å². The Morgan fingerprint density at radius 1 is 1.00 bits per heavy atom. The zero-order valence-corrected chi connectivity index (χ0v) is 15.6. The van der Waals surface area contributed by atoms with E-state index in [9.17, 15) is 9.59 Å². The van der Waals surface area contributed by atoms with Gasteiger partial charge in [0.2, 0.25) is 0 Å². The number of benzene rings is 2. The number of amides is 2. The molecular weight excluding hydrogens is 376 g/mol. The van der Waals surface area contributed by atoms with Crippen LogP contribution in [-0.4, -0.2) is 16.8 Å². The van der Waals surface area contributed by atoms with Crippen molar-refractivity contribution in [1.82, 2.24) is 4.98 Å². The molecule has 0 aliphatic heterocycles. The van der Waals surface area contributed by atoms with Crippen molar-refractivity contribution in [2.24, 2.45) is 0 Å². The van der Waals surface area contributed by atoms with Gasteiger partial charge in [-0.3, -0.25) is 14.6 Å². The first-order valence-electron chi connectivity index (χ1n) is 8.32. The van der Waals surface area contributed by atoms with E-state index in [1.165, 1.54) is 18.3 Å². The number of para-hydroxylation sites is 1. The molecule has 6 nitrogen and oxygen atoms in total. The first-order chi connectivity index (χ1) is 13.5. The molecule has 2 amide bonds. The second kappa shape index (κ2) is 8.33. The molecule has 3 aromatic rings. The summed E-state index contributed by atoms with van der Waals surface area (Å²) in [6, 6.07) is 16.7. The van der Waals surface area contributed by atoms with E-state index in [1.54, 1.807) is 42.5 Å². The average molecular weight is 391 g/mol. The summed E-state index contributed by atoms with van der Waals surface area (Å²) in [5.41, 5.74) is 2.50. The number of hydrogen-bond donors (Lipinski definition) is 2. The number of aromatic nitrogens is 1. The lowest BCUT2D eigenvalue weighted by Crippen LogP contribution is -2.17. The third-order valence-electron chi connectivity index (χ3n) is 3.99. The normalized spacial score (nSPS) is 10.0. The molecule has 0 saturated carbocycles. The smallest absolute Gasteiger partial charge is 0.274 e. The summed E-state index contributed by atoms with van der Waals surface area (Å²) >= 11 is 5.93. The molecule has 28 heavy (non-hydrogen) atoms. The standard InChI is InChI=1S/C21H15ClN4O2/c1-13-10-16(22)6-7-17(13)25-20(27)14-8-9-24-19(11-14)21(28)26-18-5-3-2-4-15(18)12-23/h2-11H,1H3,(H,25,27)(H,26,28). The lowest BCUT2D eigenvalue weighted by atomic mass is 10.1. The maximum absolute atomic E-state index is 12.5. The Kier molecular flexibility index (Phi) is 5.68. The first-order valence-corrected chi connectivity index (χ1v) is 8.70. The van der Waals surface area contributed by atoms with Gasteiger partial charge in [0, 0.05) is 22.5 Å². The molecule has 0 spiro atoms. The van der Waals surface area contributed by atoms with Gasteiger partial charge in [0.1, 0.15) is 11.8 Å². The number of carbonyl (C=O) groups excluding carboxylic acids is 2. The van der Waals surface area contributed by atoms with Gasteiger partial charge in [0.15, 0.2) is 0 Å². The van der Waals surface area contributed by atoms with Crippen LogP contribution >= 0.6 is 11.6 Å². The van der Waals surface area contributed by atoms with Gasteiger partial charge in [-0.25, -0.2) is 0 Å². The molecule has 3 rings (SSSR count). The number of nitrogens with zero attached hydrogens (tertiary/aromatic N) is 2. The van der Waals surface area contributed by atoms with Crippen molar-refractivity contribution in [3.63, 3.8) is 0 Å². The van der Waals surface area contributed by atoms with Gasteiger partial charge < -0.3 is 10.6 Å². The van der Waals surface area contributed by atoms with E-state index in [4.69, 9.17) is 16.9 Å². The lowest BCUT2D eigenvalue weighted by molar-refractivity contribution is 0.102. The quantitative estimate of drug-likeness (QED) is 0.689. The predicted octanol–water partition coefficient (Wildman–Crippen LogP) is 4.42. The summed E-state index contributed by atoms with van der Waals surface area (Å²) in [5, 5.41) is 15.1. The molecular formula is C21H15ClN4O2. The second-order valence-electron chi connectivity index (χ2n) is 5.95. The Labute approximate surface area is 166 Å². The Morgan fingerprint density at radius 2 is 1.75 bits per heavy atom. The van der Waals surface area contributed by atoms with Crippen LogP contribution in [-0.2, 0) is 0 Å². The molecule has 1 heterocycles. The molecule has 0 saturated heterocycles. The minimum Gasteiger partial charge on any atom is -0.322 e. The number of nitriles is 1. The number of rotatable bonds is 4. The zero-order valence-electron chi connectivity index (χ0n) is 14.9. The van der Waals surface area contributed by atoms with E-state index in [2.05, 4.69) is 15.6 Å². The fourth-order valence-electron chi connectivity index (χ4n) is 2.53. The fraction of sp³-hybridized carbons (Fsp3) is 0.0476. The van der Waals surface area contributed by atoms with Crippen LogP contribution in [0.5, 0.6) is 0 Å². The maximum Gasteiger partial charge on any atom is 0.274 e. The third kappa shape index (κ3) is 4.34. The van der Waals surface area contributed by atoms with Gasteiger partial charge in [-0.15, -0.1) is 0 Å². The maximum atomic E-state index is 12.5. The van der Waals surface area contributed by atoms with Crippen molar-refractivity contribution in [1.29, 1.82) is 5.26 Å². The third-order valence-corrected chi connectivity index (χ3v) is 4.22. The number of nitrogens with one attached hydrogen (secondary N) is 2. The number of anilines is 2. The molecule has 0 radical (unpaired) electrons. The fourth-order valence-corrected chi connectivity index (χ4v) is 2.76. The van der Waals surface area contributed by atoms with E-state index in [0.717, 1.165) is 5.56 Å². The van der Waals surface area contributed by atoms with Gasteiger partial charge in [-0.05, 0) is 55.0 Å². The van der Waals surface area contributed by atoms with Crippen molar-refractivity contribution in [3.05, 3.63) is 88.2 Å². The van der Waals surface area contributed by atoms with Crippen molar-refractivity contribution >= 4 is 34.8 Å². The zero-order chi connectivity index (χ0) is 20.1. The molecule has 0 atom stereocenters. The van der Waals surface area contributed by atoms with Crippen molar-refractivity contribution in [2.75, 3.05) is 10.6 Å². The summed E-state index contributed by atoms with van der Waals surface area (Å²) < 4.78 is 0. The number of pyridine rings is 1. The van der Waals surface area contributed by atoms with Gasteiger partial charge in [-0.1, -0.05) is 23.7 Å².